The number of amides is 2. The highest BCUT2D eigenvalue weighted by Gasteiger charge is 2.16. The maximum Gasteiger partial charge on any atom is 0.243 e. The molecule has 6 heteroatoms. The van der Waals surface area contributed by atoms with Gasteiger partial charge in [-0.2, -0.15) is 0 Å². The fourth-order valence-corrected chi connectivity index (χ4v) is 1.52. The van der Waals surface area contributed by atoms with Crippen molar-refractivity contribution in [2.45, 2.75) is 13.0 Å². The van der Waals surface area contributed by atoms with Crippen molar-refractivity contribution in [2.24, 2.45) is 5.73 Å². The van der Waals surface area contributed by atoms with E-state index in [-0.39, 0.29) is 18.4 Å². The lowest BCUT2D eigenvalue weighted by Crippen LogP contribution is -2.39. The van der Waals surface area contributed by atoms with Crippen LogP contribution < -0.4 is 16.0 Å². The Balaban J connectivity index is 2.89. The molecule has 1 rings (SSSR count). The minimum Gasteiger partial charge on any atom is -0.383 e. The molecule has 0 spiro atoms. The van der Waals surface area contributed by atoms with Gasteiger partial charge in [-0.1, -0.05) is 12.1 Å². The van der Waals surface area contributed by atoms with E-state index in [4.69, 9.17) is 10.5 Å². The molecule has 2 amide bonds. The van der Waals surface area contributed by atoms with Crippen molar-refractivity contribution in [3.8, 4) is 0 Å². The highest BCUT2D eigenvalue weighted by atomic mass is 16.5. The molecule has 0 saturated heterocycles. The third kappa shape index (κ3) is 4.04. The van der Waals surface area contributed by atoms with Gasteiger partial charge < -0.3 is 20.7 Å². The maximum atomic E-state index is 11.8. The average Bonchev–Trinajstić information content (AvgIpc) is 2.38. The number of ether oxygens (including phenoxy) is 1. The van der Waals surface area contributed by atoms with Crippen LogP contribution in [0.1, 0.15) is 6.92 Å². The zero-order valence-corrected chi connectivity index (χ0v) is 11.3. The minimum absolute atomic E-state index is 0.122. The van der Waals surface area contributed by atoms with Crippen molar-refractivity contribution < 1.29 is 14.3 Å². The van der Waals surface area contributed by atoms with Crippen LogP contribution in [0.4, 0.5) is 11.4 Å². The first-order valence-corrected chi connectivity index (χ1v) is 5.86. The summed E-state index contributed by atoms with van der Waals surface area (Å²) in [6.07, 6.45) is 0. The molecule has 1 aromatic rings. The largest absolute Gasteiger partial charge is 0.383 e. The summed E-state index contributed by atoms with van der Waals surface area (Å²) >= 11 is 0. The fraction of sp³-hybridized carbons (Fsp3) is 0.385. The van der Waals surface area contributed by atoms with Crippen molar-refractivity contribution in [3.63, 3.8) is 0 Å². The standard InChI is InChI=1S/C13H19N3O3/c1-9(17)16(2)12-7-5-4-6-11(12)15-13(18)10(14)8-19-3/h4-7,10H,8,14H2,1-3H3,(H,15,18). The Morgan fingerprint density at radius 1 is 1.42 bits per heavy atom. The van der Waals surface area contributed by atoms with Gasteiger partial charge in [0.15, 0.2) is 0 Å². The molecule has 0 aliphatic heterocycles. The van der Waals surface area contributed by atoms with E-state index < -0.39 is 6.04 Å². The van der Waals surface area contributed by atoms with Gasteiger partial charge in [-0.15, -0.1) is 0 Å². The predicted molar refractivity (Wildman–Crippen MR) is 74.0 cm³/mol. The Bertz CT molecular complexity index is 462. The van der Waals surface area contributed by atoms with Crippen molar-refractivity contribution in [1.29, 1.82) is 0 Å². The first kappa shape index (κ1) is 15.1. The molecule has 0 aliphatic rings. The molecule has 6 nitrogen and oxygen atoms in total. The van der Waals surface area contributed by atoms with Gasteiger partial charge in [0.2, 0.25) is 11.8 Å². The maximum absolute atomic E-state index is 11.8. The Morgan fingerprint density at radius 2 is 2.05 bits per heavy atom. The van der Waals surface area contributed by atoms with Gasteiger partial charge in [-0.05, 0) is 12.1 Å². The van der Waals surface area contributed by atoms with E-state index in [9.17, 15) is 9.59 Å². The molecule has 19 heavy (non-hydrogen) atoms. The summed E-state index contributed by atoms with van der Waals surface area (Å²) in [6, 6.07) is 6.28. The summed E-state index contributed by atoms with van der Waals surface area (Å²) in [4.78, 5) is 24.7. The fourth-order valence-electron chi connectivity index (χ4n) is 1.52. The molecular formula is C13H19N3O3. The average molecular weight is 265 g/mol. The SMILES string of the molecule is COCC(N)C(=O)Nc1ccccc1N(C)C(C)=O. The summed E-state index contributed by atoms with van der Waals surface area (Å²) in [5, 5.41) is 2.69. The summed E-state index contributed by atoms with van der Waals surface area (Å²) in [5.74, 6) is -0.478. The Morgan fingerprint density at radius 3 is 2.63 bits per heavy atom. The van der Waals surface area contributed by atoms with Gasteiger partial charge in [0, 0.05) is 21.1 Å². The second kappa shape index (κ2) is 6.86. The van der Waals surface area contributed by atoms with E-state index in [1.807, 2.05) is 0 Å². The molecule has 0 bridgehead atoms. The van der Waals surface area contributed by atoms with Crippen LogP contribution in [0.2, 0.25) is 0 Å². The first-order valence-electron chi connectivity index (χ1n) is 5.86. The van der Waals surface area contributed by atoms with Crippen LogP contribution in [-0.2, 0) is 14.3 Å². The quantitative estimate of drug-likeness (QED) is 0.815. The monoisotopic (exact) mass is 265 g/mol. The van der Waals surface area contributed by atoms with Gasteiger partial charge >= 0.3 is 0 Å². The van der Waals surface area contributed by atoms with Gasteiger partial charge in [0.25, 0.3) is 0 Å². The number of rotatable bonds is 5. The topological polar surface area (TPSA) is 84.7 Å². The third-order valence-corrected chi connectivity index (χ3v) is 2.68. The lowest BCUT2D eigenvalue weighted by atomic mass is 10.2. The molecular weight excluding hydrogens is 246 g/mol. The van der Waals surface area contributed by atoms with Crippen molar-refractivity contribution in [1.82, 2.24) is 0 Å². The summed E-state index contributed by atoms with van der Waals surface area (Å²) < 4.78 is 4.83. The number of hydrogen-bond acceptors (Lipinski definition) is 4. The number of carbonyl (C=O) groups is 2. The Labute approximate surface area is 112 Å². The molecule has 0 aliphatic carbocycles. The third-order valence-electron chi connectivity index (χ3n) is 2.68. The van der Waals surface area contributed by atoms with E-state index in [0.717, 1.165) is 0 Å². The van der Waals surface area contributed by atoms with E-state index in [1.165, 1.54) is 18.9 Å². The lowest BCUT2D eigenvalue weighted by molar-refractivity contribution is -0.118. The number of para-hydroxylation sites is 2. The van der Waals surface area contributed by atoms with Crippen molar-refractivity contribution >= 4 is 23.2 Å². The molecule has 0 heterocycles. The first-order chi connectivity index (χ1) is 8.97. The van der Waals surface area contributed by atoms with Gasteiger partial charge in [0.05, 0.1) is 18.0 Å². The van der Waals surface area contributed by atoms with Crippen LogP contribution in [0.3, 0.4) is 0 Å². The second-order valence-electron chi connectivity index (χ2n) is 4.15. The van der Waals surface area contributed by atoms with Gasteiger partial charge in [0.1, 0.15) is 6.04 Å². The molecule has 1 unspecified atom stereocenters. The van der Waals surface area contributed by atoms with Crippen molar-refractivity contribution in [2.75, 3.05) is 31.0 Å². The number of methoxy groups -OCH3 is 1. The van der Waals surface area contributed by atoms with Crippen LogP contribution in [0.5, 0.6) is 0 Å². The van der Waals surface area contributed by atoms with Crippen LogP contribution in [0.25, 0.3) is 0 Å². The molecule has 0 aromatic heterocycles. The lowest BCUT2D eigenvalue weighted by Gasteiger charge is -2.20. The summed E-state index contributed by atoms with van der Waals surface area (Å²) in [7, 11) is 3.12. The van der Waals surface area contributed by atoms with Crippen LogP contribution in [0, 0.1) is 0 Å². The number of nitrogens with one attached hydrogen (secondary N) is 1. The molecule has 104 valence electrons. The van der Waals surface area contributed by atoms with E-state index in [2.05, 4.69) is 5.32 Å². The summed E-state index contributed by atoms with van der Waals surface area (Å²) in [5.41, 5.74) is 6.80. The Kier molecular flexibility index (Phi) is 5.47. The summed E-state index contributed by atoms with van der Waals surface area (Å²) in [6.45, 7) is 1.59. The molecule has 0 fully saturated rings. The van der Waals surface area contributed by atoms with E-state index in [1.54, 1.807) is 31.3 Å². The Hall–Kier alpha value is -1.92. The number of anilines is 2. The molecule has 3 N–H and O–H groups in total. The number of nitrogens with two attached hydrogens (primary N) is 1. The van der Waals surface area contributed by atoms with Gasteiger partial charge in [-0.3, -0.25) is 9.59 Å². The number of hydrogen-bond donors (Lipinski definition) is 2. The normalized spacial score (nSPS) is 11.8. The smallest absolute Gasteiger partial charge is 0.243 e. The zero-order valence-electron chi connectivity index (χ0n) is 11.3. The highest BCUT2D eigenvalue weighted by Crippen LogP contribution is 2.24. The van der Waals surface area contributed by atoms with Crippen LogP contribution >= 0.6 is 0 Å². The van der Waals surface area contributed by atoms with Gasteiger partial charge in [-0.25, -0.2) is 0 Å². The predicted octanol–water partition coefficient (Wildman–Crippen LogP) is 0.581. The molecule has 0 radical (unpaired) electrons. The minimum atomic E-state index is -0.749. The van der Waals surface area contributed by atoms with E-state index in [0.29, 0.717) is 11.4 Å². The van der Waals surface area contributed by atoms with Crippen LogP contribution in [-0.4, -0.2) is 38.6 Å². The highest BCUT2D eigenvalue weighted by molar-refractivity contribution is 6.01. The molecule has 1 aromatic carbocycles. The number of benzene rings is 1. The van der Waals surface area contributed by atoms with Crippen molar-refractivity contribution in [3.05, 3.63) is 24.3 Å². The molecule has 1 atom stereocenters. The second-order valence-corrected chi connectivity index (χ2v) is 4.15. The number of carbonyl (C=O) groups excluding carboxylic acids is 2. The molecule has 0 saturated carbocycles. The zero-order chi connectivity index (χ0) is 14.4. The van der Waals surface area contributed by atoms with Crippen LogP contribution in [0.15, 0.2) is 24.3 Å². The number of nitrogens with zero attached hydrogens (tertiary/aromatic N) is 1. The van der Waals surface area contributed by atoms with E-state index >= 15 is 0 Å².